The number of unbranched alkanes of at least 4 members (excludes halogenated alkanes) is 1. The summed E-state index contributed by atoms with van der Waals surface area (Å²) >= 11 is 1.57. The lowest BCUT2D eigenvalue weighted by Gasteiger charge is -2.08. The van der Waals surface area contributed by atoms with Gasteiger partial charge in [0.2, 0.25) is 0 Å². The van der Waals surface area contributed by atoms with Gasteiger partial charge >= 0.3 is 11.9 Å². The summed E-state index contributed by atoms with van der Waals surface area (Å²) in [7, 11) is 0. The van der Waals surface area contributed by atoms with Crippen LogP contribution in [0.5, 0.6) is 0 Å². The van der Waals surface area contributed by atoms with E-state index in [1.807, 2.05) is 23.8 Å². The lowest BCUT2D eigenvalue weighted by molar-refractivity contribution is -0.147. The molecule has 0 unspecified atom stereocenters. The van der Waals surface area contributed by atoms with E-state index in [2.05, 4.69) is 5.32 Å². The number of carbonyl (C=O) groups excluding carboxylic acids is 3. The number of thiophene rings is 1. The minimum Gasteiger partial charge on any atom is -0.462 e. The highest BCUT2D eigenvalue weighted by Crippen LogP contribution is 2.11. The molecule has 0 aliphatic rings. The van der Waals surface area contributed by atoms with Gasteiger partial charge in [-0.05, 0) is 59.5 Å². The van der Waals surface area contributed by atoms with Crippen LogP contribution in [0.25, 0.3) is 0 Å². The Kier molecular flexibility index (Phi) is 8.51. The summed E-state index contributed by atoms with van der Waals surface area (Å²) in [6.45, 7) is 2.07. The Balaban J connectivity index is 1.70. The summed E-state index contributed by atoms with van der Waals surface area (Å²) in [5.41, 5.74) is 2.01. The Morgan fingerprint density at radius 2 is 1.85 bits per heavy atom. The predicted molar refractivity (Wildman–Crippen MR) is 104 cm³/mol. The number of benzene rings is 1. The second-order valence-electron chi connectivity index (χ2n) is 5.91. The lowest BCUT2D eigenvalue weighted by atomic mass is 10.2. The third-order valence-corrected chi connectivity index (χ3v) is 4.43. The van der Waals surface area contributed by atoms with Crippen LogP contribution in [0.15, 0.2) is 41.1 Å². The van der Waals surface area contributed by atoms with Gasteiger partial charge in [0.25, 0.3) is 5.91 Å². The zero-order valence-electron chi connectivity index (χ0n) is 15.2. The number of amides is 1. The van der Waals surface area contributed by atoms with Crippen molar-refractivity contribution in [1.29, 1.82) is 0 Å². The van der Waals surface area contributed by atoms with E-state index < -0.39 is 11.9 Å². The van der Waals surface area contributed by atoms with Crippen molar-refractivity contribution in [3.63, 3.8) is 0 Å². The van der Waals surface area contributed by atoms with Crippen molar-refractivity contribution in [1.82, 2.24) is 0 Å². The SMILES string of the molecule is CCCCOC(=O)c1ccc(NC(=O)COC(=O)CCc2ccsc2)cc1. The largest absolute Gasteiger partial charge is 0.462 e. The molecule has 0 fully saturated rings. The Bertz CT molecular complexity index is 740. The number of nitrogens with one attached hydrogen (secondary N) is 1. The Labute approximate surface area is 162 Å². The molecule has 0 radical (unpaired) electrons. The van der Waals surface area contributed by atoms with E-state index in [0.29, 0.717) is 24.3 Å². The van der Waals surface area contributed by atoms with Gasteiger partial charge in [-0.25, -0.2) is 4.79 Å². The minimum absolute atomic E-state index is 0.235. The summed E-state index contributed by atoms with van der Waals surface area (Å²) in [6.07, 6.45) is 2.61. The molecule has 2 rings (SSSR count). The molecule has 0 spiro atoms. The Hall–Kier alpha value is -2.67. The highest BCUT2D eigenvalue weighted by Gasteiger charge is 2.10. The summed E-state index contributed by atoms with van der Waals surface area (Å²) in [4.78, 5) is 35.3. The van der Waals surface area contributed by atoms with Gasteiger partial charge in [0.05, 0.1) is 12.2 Å². The third-order valence-electron chi connectivity index (χ3n) is 3.70. The quantitative estimate of drug-likeness (QED) is 0.493. The highest BCUT2D eigenvalue weighted by atomic mass is 32.1. The average molecular weight is 389 g/mol. The van der Waals surface area contributed by atoms with E-state index >= 15 is 0 Å². The molecular weight excluding hydrogens is 366 g/mol. The molecule has 0 saturated carbocycles. The molecular formula is C20H23NO5S. The number of hydrogen-bond donors (Lipinski definition) is 1. The molecule has 1 aromatic carbocycles. The maximum absolute atomic E-state index is 11.9. The summed E-state index contributed by atoms with van der Waals surface area (Å²) in [6, 6.07) is 8.32. The van der Waals surface area contributed by atoms with Gasteiger partial charge in [-0.1, -0.05) is 13.3 Å². The molecule has 0 aliphatic carbocycles. The molecule has 2 aromatic rings. The first-order valence-electron chi connectivity index (χ1n) is 8.82. The van der Waals surface area contributed by atoms with Crippen LogP contribution in [-0.2, 0) is 25.5 Å². The Morgan fingerprint density at radius 1 is 1.07 bits per heavy atom. The smallest absolute Gasteiger partial charge is 0.338 e. The fraction of sp³-hybridized carbons (Fsp3) is 0.350. The van der Waals surface area contributed by atoms with E-state index in [4.69, 9.17) is 9.47 Å². The van der Waals surface area contributed by atoms with Gasteiger partial charge < -0.3 is 14.8 Å². The normalized spacial score (nSPS) is 10.3. The maximum Gasteiger partial charge on any atom is 0.338 e. The first kappa shape index (κ1) is 20.6. The van der Waals surface area contributed by atoms with E-state index in [1.54, 1.807) is 35.6 Å². The minimum atomic E-state index is -0.433. The lowest BCUT2D eigenvalue weighted by Crippen LogP contribution is -2.21. The van der Waals surface area contributed by atoms with Crippen molar-refractivity contribution in [3.05, 3.63) is 52.2 Å². The van der Waals surface area contributed by atoms with Gasteiger partial charge in [-0.15, -0.1) is 0 Å². The third kappa shape index (κ3) is 7.62. The molecule has 0 atom stereocenters. The molecule has 1 aromatic heterocycles. The van der Waals surface area contributed by atoms with Crippen molar-refractivity contribution in [3.8, 4) is 0 Å². The van der Waals surface area contributed by atoms with E-state index in [1.165, 1.54) is 0 Å². The molecule has 6 nitrogen and oxygen atoms in total. The second-order valence-corrected chi connectivity index (χ2v) is 6.69. The van der Waals surface area contributed by atoms with Crippen LogP contribution >= 0.6 is 11.3 Å². The van der Waals surface area contributed by atoms with E-state index in [9.17, 15) is 14.4 Å². The van der Waals surface area contributed by atoms with Gasteiger partial charge in [-0.2, -0.15) is 11.3 Å². The van der Waals surface area contributed by atoms with Gasteiger partial charge in [0, 0.05) is 12.1 Å². The van der Waals surface area contributed by atoms with Crippen molar-refractivity contribution in [2.24, 2.45) is 0 Å². The summed E-state index contributed by atoms with van der Waals surface area (Å²) in [5.74, 6) is -1.24. The maximum atomic E-state index is 11.9. The second kappa shape index (κ2) is 11.1. The number of aryl methyl sites for hydroxylation is 1. The van der Waals surface area contributed by atoms with Gasteiger partial charge in [-0.3, -0.25) is 9.59 Å². The van der Waals surface area contributed by atoms with E-state index in [-0.39, 0.29) is 19.0 Å². The molecule has 27 heavy (non-hydrogen) atoms. The summed E-state index contributed by atoms with van der Waals surface area (Å²) in [5, 5.41) is 6.54. The number of esters is 2. The molecule has 7 heteroatoms. The molecule has 1 heterocycles. The van der Waals surface area contributed by atoms with Crippen LogP contribution < -0.4 is 5.32 Å². The number of ether oxygens (including phenoxy) is 2. The first-order chi connectivity index (χ1) is 13.1. The van der Waals surface area contributed by atoms with Crippen molar-refractivity contribution >= 4 is 34.9 Å². The van der Waals surface area contributed by atoms with Gasteiger partial charge in [0.15, 0.2) is 6.61 Å². The molecule has 0 saturated heterocycles. The van der Waals surface area contributed by atoms with Crippen LogP contribution in [0.4, 0.5) is 5.69 Å². The van der Waals surface area contributed by atoms with Crippen molar-refractivity contribution < 1.29 is 23.9 Å². The fourth-order valence-corrected chi connectivity index (χ4v) is 2.88. The van der Waals surface area contributed by atoms with Crippen LogP contribution in [0, 0.1) is 0 Å². The van der Waals surface area contributed by atoms with Crippen molar-refractivity contribution in [2.75, 3.05) is 18.5 Å². The molecule has 1 amide bonds. The zero-order valence-corrected chi connectivity index (χ0v) is 16.1. The molecule has 1 N–H and O–H groups in total. The van der Waals surface area contributed by atoms with Crippen LogP contribution in [0.2, 0.25) is 0 Å². The highest BCUT2D eigenvalue weighted by molar-refractivity contribution is 7.07. The van der Waals surface area contributed by atoms with E-state index in [0.717, 1.165) is 18.4 Å². The summed E-state index contributed by atoms with van der Waals surface area (Å²) < 4.78 is 10.1. The Morgan fingerprint density at radius 3 is 2.52 bits per heavy atom. The number of hydrogen-bond acceptors (Lipinski definition) is 6. The predicted octanol–water partition coefficient (Wildman–Crippen LogP) is 3.82. The van der Waals surface area contributed by atoms with Crippen molar-refractivity contribution in [2.45, 2.75) is 32.6 Å². The molecule has 0 bridgehead atoms. The topological polar surface area (TPSA) is 81.7 Å². The number of rotatable bonds is 10. The number of carbonyl (C=O) groups is 3. The standard InChI is InChI=1S/C20H23NO5S/c1-2-3-11-25-20(24)16-5-7-17(8-6-16)21-18(22)13-26-19(23)9-4-15-10-12-27-14-15/h5-8,10,12,14H,2-4,9,11,13H2,1H3,(H,21,22). The monoisotopic (exact) mass is 389 g/mol. The van der Waals surface area contributed by atoms with Crippen LogP contribution in [0.1, 0.15) is 42.1 Å². The first-order valence-corrected chi connectivity index (χ1v) is 9.76. The van der Waals surface area contributed by atoms with Gasteiger partial charge in [0.1, 0.15) is 0 Å². The van der Waals surface area contributed by atoms with Crippen LogP contribution in [-0.4, -0.2) is 31.1 Å². The zero-order chi connectivity index (χ0) is 19.5. The fourth-order valence-electron chi connectivity index (χ4n) is 2.18. The average Bonchev–Trinajstić information content (AvgIpc) is 3.19. The molecule has 144 valence electrons. The van der Waals surface area contributed by atoms with Crippen LogP contribution in [0.3, 0.4) is 0 Å². The number of anilines is 1. The molecule has 0 aliphatic heterocycles.